The lowest BCUT2D eigenvalue weighted by Gasteiger charge is -2.19. The third-order valence-electron chi connectivity index (χ3n) is 2.39. The summed E-state index contributed by atoms with van der Waals surface area (Å²) in [5.41, 5.74) is 5.86. The SMILES string of the molecule is CC(C)(C)OC(=O)NCCC#Cc1cc([N+](=O)[O-])ccc1N. The zero-order valence-corrected chi connectivity index (χ0v) is 12.8. The summed E-state index contributed by atoms with van der Waals surface area (Å²) < 4.78 is 5.07. The zero-order chi connectivity index (χ0) is 16.8. The average molecular weight is 305 g/mol. The first-order chi connectivity index (χ1) is 10.2. The van der Waals surface area contributed by atoms with Gasteiger partial charge in [-0.1, -0.05) is 11.8 Å². The number of anilines is 1. The second-order valence-corrected chi connectivity index (χ2v) is 5.51. The minimum absolute atomic E-state index is 0.0645. The maximum atomic E-state index is 11.4. The van der Waals surface area contributed by atoms with E-state index in [0.29, 0.717) is 24.2 Å². The molecule has 1 aromatic carbocycles. The Kier molecular flexibility index (Phi) is 5.75. The van der Waals surface area contributed by atoms with Crippen LogP contribution in [0.25, 0.3) is 0 Å². The Balaban J connectivity index is 2.53. The van der Waals surface area contributed by atoms with Crippen molar-refractivity contribution in [2.24, 2.45) is 0 Å². The Hall–Kier alpha value is -2.75. The monoisotopic (exact) mass is 305 g/mol. The first kappa shape index (κ1) is 17.3. The number of hydrogen-bond donors (Lipinski definition) is 2. The van der Waals surface area contributed by atoms with E-state index in [-0.39, 0.29) is 5.69 Å². The van der Waals surface area contributed by atoms with Crippen molar-refractivity contribution in [2.45, 2.75) is 32.8 Å². The molecule has 0 fully saturated rings. The predicted octanol–water partition coefficient (Wildman–Crippen LogP) is 2.44. The molecule has 0 spiro atoms. The number of alkyl carbamates (subject to hydrolysis) is 1. The summed E-state index contributed by atoms with van der Waals surface area (Å²) in [6, 6.07) is 4.09. The molecular weight excluding hydrogens is 286 g/mol. The van der Waals surface area contributed by atoms with Crippen molar-refractivity contribution in [2.75, 3.05) is 12.3 Å². The quantitative estimate of drug-likeness (QED) is 0.293. The molecule has 0 aliphatic heterocycles. The van der Waals surface area contributed by atoms with E-state index in [1.807, 2.05) is 0 Å². The van der Waals surface area contributed by atoms with Crippen LogP contribution in [0.2, 0.25) is 0 Å². The van der Waals surface area contributed by atoms with E-state index in [1.54, 1.807) is 20.8 Å². The van der Waals surface area contributed by atoms with Gasteiger partial charge in [-0.2, -0.15) is 0 Å². The third-order valence-corrected chi connectivity index (χ3v) is 2.39. The topological polar surface area (TPSA) is 107 Å². The van der Waals surface area contributed by atoms with E-state index in [2.05, 4.69) is 17.2 Å². The van der Waals surface area contributed by atoms with Crippen LogP contribution in [0.5, 0.6) is 0 Å². The van der Waals surface area contributed by atoms with Gasteiger partial charge in [0.05, 0.1) is 10.5 Å². The molecule has 0 aliphatic rings. The highest BCUT2D eigenvalue weighted by atomic mass is 16.6. The summed E-state index contributed by atoms with van der Waals surface area (Å²) in [5, 5.41) is 13.3. The minimum atomic E-state index is -0.548. The number of carbonyl (C=O) groups is 1. The molecule has 0 aromatic heterocycles. The number of non-ortho nitro benzene ring substituents is 1. The Bertz CT molecular complexity index is 624. The van der Waals surface area contributed by atoms with Gasteiger partial charge < -0.3 is 15.8 Å². The molecule has 22 heavy (non-hydrogen) atoms. The Labute approximate surface area is 129 Å². The number of nitrogens with zero attached hydrogens (tertiary/aromatic N) is 1. The Morgan fingerprint density at radius 3 is 2.73 bits per heavy atom. The van der Waals surface area contributed by atoms with Crippen LogP contribution < -0.4 is 11.1 Å². The Morgan fingerprint density at radius 2 is 2.14 bits per heavy atom. The normalized spacial score (nSPS) is 10.3. The van der Waals surface area contributed by atoms with Gasteiger partial charge in [0.25, 0.3) is 5.69 Å². The van der Waals surface area contributed by atoms with Crippen LogP contribution in [0.4, 0.5) is 16.2 Å². The number of carbonyl (C=O) groups excluding carboxylic acids is 1. The lowest BCUT2D eigenvalue weighted by molar-refractivity contribution is -0.384. The molecule has 1 aromatic rings. The maximum Gasteiger partial charge on any atom is 0.407 e. The summed E-state index contributed by atoms with van der Waals surface area (Å²) >= 11 is 0. The molecule has 0 saturated heterocycles. The number of hydrogen-bond acceptors (Lipinski definition) is 5. The van der Waals surface area contributed by atoms with Gasteiger partial charge in [-0.05, 0) is 26.8 Å². The van der Waals surface area contributed by atoms with Gasteiger partial charge in [0.1, 0.15) is 5.60 Å². The summed E-state index contributed by atoms with van der Waals surface area (Å²) in [7, 11) is 0. The number of rotatable bonds is 3. The standard InChI is InChI=1S/C15H19N3O4/c1-15(2,3)22-14(19)17-9-5-4-6-11-10-12(18(20)21)7-8-13(11)16/h7-8,10H,5,9,16H2,1-3H3,(H,17,19). The van der Waals surface area contributed by atoms with E-state index in [9.17, 15) is 14.9 Å². The van der Waals surface area contributed by atoms with Crippen LogP contribution >= 0.6 is 0 Å². The number of nitrogens with two attached hydrogens (primary N) is 1. The number of amides is 1. The van der Waals surface area contributed by atoms with Gasteiger partial charge in [0.15, 0.2) is 0 Å². The number of nitrogens with one attached hydrogen (secondary N) is 1. The number of nitro benzene ring substituents is 1. The zero-order valence-electron chi connectivity index (χ0n) is 12.8. The molecule has 1 amide bonds. The van der Waals surface area contributed by atoms with Crippen LogP contribution in [0.1, 0.15) is 32.8 Å². The number of nitrogen functional groups attached to an aromatic ring is 1. The molecular formula is C15H19N3O4. The fourth-order valence-corrected chi connectivity index (χ4v) is 1.47. The second kappa shape index (κ2) is 7.31. The van der Waals surface area contributed by atoms with E-state index < -0.39 is 16.6 Å². The molecule has 1 rings (SSSR count). The molecule has 0 aliphatic carbocycles. The molecule has 0 heterocycles. The average Bonchev–Trinajstić information content (AvgIpc) is 2.37. The predicted molar refractivity (Wildman–Crippen MR) is 83.2 cm³/mol. The van der Waals surface area contributed by atoms with E-state index in [0.717, 1.165) is 0 Å². The molecule has 0 atom stereocenters. The van der Waals surface area contributed by atoms with Crippen molar-refractivity contribution in [3.8, 4) is 11.8 Å². The van der Waals surface area contributed by atoms with Gasteiger partial charge >= 0.3 is 6.09 Å². The van der Waals surface area contributed by atoms with E-state index in [4.69, 9.17) is 10.5 Å². The van der Waals surface area contributed by atoms with Gasteiger partial charge in [0.2, 0.25) is 0 Å². The molecule has 0 radical (unpaired) electrons. The summed E-state index contributed by atoms with van der Waals surface area (Å²) in [4.78, 5) is 21.6. The molecule has 3 N–H and O–H groups in total. The molecule has 118 valence electrons. The summed E-state index contributed by atoms with van der Waals surface area (Å²) in [6.45, 7) is 5.64. The van der Waals surface area contributed by atoms with Crippen LogP contribution in [-0.4, -0.2) is 23.2 Å². The van der Waals surface area contributed by atoms with E-state index in [1.165, 1.54) is 18.2 Å². The number of benzene rings is 1. The van der Waals surface area contributed by atoms with Gasteiger partial charge in [-0.3, -0.25) is 10.1 Å². The van der Waals surface area contributed by atoms with Crippen LogP contribution in [0, 0.1) is 22.0 Å². The van der Waals surface area contributed by atoms with Crippen LogP contribution in [0.15, 0.2) is 18.2 Å². The third kappa shape index (κ3) is 6.13. The van der Waals surface area contributed by atoms with Crippen molar-refractivity contribution in [1.29, 1.82) is 0 Å². The van der Waals surface area contributed by atoms with Gasteiger partial charge in [-0.25, -0.2) is 4.79 Å². The van der Waals surface area contributed by atoms with Gasteiger partial charge in [0, 0.05) is 30.8 Å². The fourth-order valence-electron chi connectivity index (χ4n) is 1.47. The van der Waals surface area contributed by atoms with Crippen molar-refractivity contribution in [3.05, 3.63) is 33.9 Å². The summed E-state index contributed by atoms with van der Waals surface area (Å²) in [5.74, 6) is 5.56. The van der Waals surface area contributed by atoms with Crippen LogP contribution in [0.3, 0.4) is 0 Å². The molecule has 7 heteroatoms. The smallest absolute Gasteiger partial charge is 0.407 e. The summed E-state index contributed by atoms with van der Waals surface area (Å²) in [6.07, 6.45) is -0.134. The second-order valence-electron chi connectivity index (χ2n) is 5.51. The van der Waals surface area contributed by atoms with E-state index >= 15 is 0 Å². The molecule has 0 bridgehead atoms. The molecule has 0 unspecified atom stereocenters. The lowest BCUT2D eigenvalue weighted by atomic mass is 10.1. The van der Waals surface area contributed by atoms with Gasteiger partial charge in [-0.15, -0.1) is 0 Å². The molecule has 7 nitrogen and oxygen atoms in total. The maximum absolute atomic E-state index is 11.4. The highest BCUT2D eigenvalue weighted by Gasteiger charge is 2.15. The largest absolute Gasteiger partial charge is 0.444 e. The highest BCUT2D eigenvalue weighted by Crippen LogP contribution is 2.18. The number of nitro groups is 1. The first-order valence-corrected chi connectivity index (χ1v) is 6.68. The Morgan fingerprint density at radius 1 is 1.45 bits per heavy atom. The van der Waals surface area contributed by atoms with Crippen molar-refractivity contribution in [3.63, 3.8) is 0 Å². The van der Waals surface area contributed by atoms with Crippen molar-refractivity contribution in [1.82, 2.24) is 5.32 Å². The first-order valence-electron chi connectivity index (χ1n) is 6.68. The minimum Gasteiger partial charge on any atom is -0.444 e. The fraction of sp³-hybridized carbons (Fsp3) is 0.400. The lowest BCUT2D eigenvalue weighted by Crippen LogP contribution is -2.32. The van der Waals surface area contributed by atoms with Crippen LogP contribution in [-0.2, 0) is 4.74 Å². The van der Waals surface area contributed by atoms with Crippen molar-refractivity contribution >= 4 is 17.5 Å². The number of ether oxygens (including phenoxy) is 1. The molecule has 0 saturated carbocycles. The van der Waals surface area contributed by atoms with Crippen molar-refractivity contribution < 1.29 is 14.5 Å². The highest BCUT2D eigenvalue weighted by molar-refractivity contribution is 5.67.